The van der Waals surface area contributed by atoms with Crippen molar-refractivity contribution in [2.75, 3.05) is 39.9 Å². The number of nitrogens with one attached hydrogen (secondary N) is 1. The van der Waals surface area contributed by atoms with Crippen molar-refractivity contribution in [2.45, 2.75) is 39.0 Å². The maximum Gasteiger partial charge on any atom is 0.230 e. The molecule has 1 aromatic heterocycles. The maximum absolute atomic E-state index is 12.9. The summed E-state index contributed by atoms with van der Waals surface area (Å²) in [4.78, 5) is 33.4. The van der Waals surface area contributed by atoms with Crippen LogP contribution in [-0.2, 0) is 20.7 Å². The van der Waals surface area contributed by atoms with E-state index in [1.165, 1.54) is 0 Å². The summed E-state index contributed by atoms with van der Waals surface area (Å²) in [5.41, 5.74) is -0.386. The second-order valence-corrected chi connectivity index (χ2v) is 7.07. The first-order valence-corrected chi connectivity index (χ1v) is 8.98. The van der Waals surface area contributed by atoms with E-state index in [1.807, 2.05) is 16.7 Å². The number of carbonyl (C=O) groups excluding carboxylic acids is 2. The summed E-state index contributed by atoms with van der Waals surface area (Å²) in [7, 11) is 1.65. The topological polar surface area (TPSA) is 91.4 Å². The van der Waals surface area contributed by atoms with Crippen LogP contribution in [0.2, 0.25) is 0 Å². The summed E-state index contributed by atoms with van der Waals surface area (Å²) < 4.78 is 5.11. The molecule has 2 fully saturated rings. The van der Waals surface area contributed by atoms with E-state index >= 15 is 0 Å². The molecule has 2 amide bonds. The van der Waals surface area contributed by atoms with Crippen molar-refractivity contribution in [3.8, 4) is 0 Å². The molecule has 2 aliphatic rings. The molecule has 1 spiro atoms. The zero-order valence-corrected chi connectivity index (χ0v) is 15.1. The van der Waals surface area contributed by atoms with Crippen molar-refractivity contribution in [3.63, 3.8) is 0 Å². The summed E-state index contributed by atoms with van der Waals surface area (Å²) in [5.74, 6) is 1.70. The summed E-state index contributed by atoms with van der Waals surface area (Å²) in [6.45, 7) is 5.03. The van der Waals surface area contributed by atoms with Gasteiger partial charge in [-0.2, -0.15) is 5.10 Å². The van der Waals surface area contributed by atoms with E-state index in [1.54, 1.807) is 7.11 Å². The number of likely N-dealkylation sites (tertiary alicyclic amines) is 2. The van der Waals surface area contributed by atoms with Crippen LogP contribution < -0.4 is 0 Å². The first kappa shape index (κ1) is 17.8. The zero-order valence-electron chi connectivity index (χ0n) is 15.1. The van der Waals surface area contributed by atoms with Crippen molar-refractivity contribution in [2.24, 2.45) is 5.41 Å². The number of aryl methyl sites for hydroxylation is 2. The number of H-pyrrole nitrogens is 1. The van der Waals surface area contributed by atoms with Crippen LogP contribution in [0.25, 0.3) is 0 Å². The highest BCUT2D eigenvalue weighted by Gasteiger charge is 2.49. The highest BCUT2D eigenvalue weighted by molar-refractivity contribution is 5.86. The summed E-state index contributed by atoms with van der Waals surface area (Å²) >= 11 is 0. The van der Waals surface area contributed by atoms with E-state index in [0.717, 1.165) is 31.6 Å². The third kappa shape index (κ3) is 3.84. The lowest BCUT2D eigenvalue weighted by Crippen LogP contribution is -2.51. The molecule has 1 N–H and O–H groups in total. The molecular weight excluding hydrogens is 322 g/mol. The van der Waals surface area contributed by atoms with Crippen molar-refractivity contribution in [1.82, 2.24) is 25.0 Å². The Labute approximate surface area is 147 Å². The Morgan fingerprint density at radius 3 is 2.92 bits per heavy atom. The lowest BCUT2D eigenvalue weighted by atomic mass is 9.78. The lowest BCUT2D eigenvalue weighted by molar-refractivity contribution is -0.146. The molecule has 1 atom stereocenters. The molecule has 0 unspecified atom stereocenters. The average molecular weight is 349 g/mol. The fourth-order valence-electron chi connectivity index (χ4n) is 3.91. The van der Waals surface area contributed by atoms with Gasteiger partial charge < -0.3 is 14.5 Å². The SMILES string of the molecule is COCCN1CCC[C@@]2(CCN(C(=O)CCc3n[nH]c(C)n3)C2)C1=O. The quantitative estimate of drug-likeness (QED) is 0.809. The van der Waals surface area contributed by atoms with E-state index in [9.17, 15) is 9.59 Å². The predicted octanol–water partition coefficient (Wildman–Crippen LogP) is 0.533. The highest BCUT2D eigenvalue weighted by Crippen LogP contribution is 2.40. The van der Waals surface area contributed by atoms with Gasteiger partial charge in [0.2, 0.25) is 11.8 Å². The van der Waals surface area contributed by atoms with Gasteiger partial charge in [0.25, 0.3) is 0 Å². The molecule has 0 radical (unpaired) electrons. The second-order valence-electron chi connectivity index (χ2n) is 7.07. The number of ether oxygens (including phenoxy) is 1. The molecule has 0 bridgehead atoms. The normalized spacial score (nSPS) is 23.7. The van der Waals surface area contributed by atoms with E-state index < -0.39 is 0 Å². The van der Waals surface area contributed by atoms with Gasteiger partial charge in [0.15, 0.2) is 5.82 Å². The standard InChI is InChI=1S/C17H27N5O3/c1-13-18-14(20-19-13)4-5-15(23)22-9-7-17(12-22)6-3-8-21(16(17)24)10-11-25-2/h3-12H2,1-2H3,(H,18,19,20)/t17-/m0/s1. The van der Waals surface area contributed by atoms with Gasteiger partial charge >= 0.3 is 0 Å². The number of aromatic nitrogens is 3. The van der Waals surface area contributed by atoms with Crippen molar-refractivity contribution >= 4 is 11.8 Å². The largest absolute Gasteiger partial charge is 0.383 e. The number of hydrogen-bond donors (Lipinski definition) is 1. The monoisotopic (exact) mass is 349 g/mol. The third-order valence-corrected chi connectivity index (χ3v) is 5.30. The van der Waals surface area contributed by atoms with E-state index in [-0.39, 0.29) is 17.2 Å². The van der Waals surface area contributed by atoms with Gasteiger partial charge in [0.05, 0.1) is 12.0 Å². The molecule has 138 valence electrons. The minimum absolute atomic E-state index is 0.0844. The van der Waals surface area contributed by atoms with Gasteiger partial charge in [-0.3, -0.25) is 14.7 Å². The number of piperidine rings is 1. The van der Waals surface area contributed by atoms with E-state index in [0.29, 0.717) is 44.9 Å². The van der Waals surface area contributed by atoms with Gasteiger partial charge in [-0.15, -0.1) is 0 Å². The minimum Gasteiger partial charge on any atom is -0.383 e. The van der Waals surface area contributed by atoms with Crippen LogP contribution in [0.15, 0.2) is 0 Å². The number of methoxy groups -OCH3 is 1. The lowest BCUT2D eigenvalue weighted by Gasteiger charge is -2.39. The van der Waals surface area contributed by atoms with Crippen molar-refractivity contribution in [3.05, 3.63) is 11.6 Å². The maximum atomic E-state index is 12.9. The number of carbonyl (C=O) groups is 2. The van der Waals surface area contributed by atoms with Gasteiger partial charge in [-0.05, 0) is 26.2 Å². The van der Waals surface area contributed by atoms with Crippen molar-refractivity contribution < 1.29 is 14.3 Å². The van der Waals surface area contributed by atoms with Crippen molar-refractivity contribution in [1.29, 1.82) is 0 Å². The second kappa shape index (κ2) is 7.51. The van der Waals surface area contributed by atoms with Crippen LogP contribution in [0.4, 0.5) is 0 Å². The average Bonchev–Trinajstić information content (AvgIpc) is 3.21. The Hall–Kier alpha value is -1.96. The highest BCUT2D eigenvalue weighted by atomic mass is 16.5. The fourth-order valence-corrected chi connectivity index (χ4v) is 3.91. The van der Waals surface area contributed by atoms with Gasteiger partial charge in [-0.1, -0.05) is 0 Å². The van der Waals surface area contributed by atoms with Gasteiger partial charge in [0.1, 0.15) is 5.82 Å². The van der Waals surface area contributed by atoms with Crippen LogP contribution in [0.5, 0.6) is 0 Å². The molecular formula is C17H27N5O3. The summed E-state index contributed by atoms with van der Waals surface area (Å²) in [5, 5.41) is 6.86. The first-order valence-electron chi connectivity index (χ1n) is 8.98. The first-order chi connectivity index (χ1) is 12.0. The molecule has 2 aliphatic heterocycles. The molecule has 0 aliphatic carbocycles. The van der Waals surface area contributed by atoms with Gasteiger partial charge in [-0.25, -0.2) is 4.98 Å². The zero-order chi connectivity index (χ0) is 17.9. The van der Waals surface area contributed by atoms with Crippen LogP contribution in [0, 0.1) is 12.3 Å². The predicted molar refractivity (Wildman–Crippen MR) is 90.8 cm³/mol. The number of aromatic amines is 1. The molecule has 8 heteroatoms. The van der Waals surface area contributed by atoms with Crippen LogP contribution in [-0.4, -0.2) is 76.7 Å². The minimum atomic E-state index is -0.386. The Kier molecular flexibility index (Phi) is 5.36. The number of rotatable bonds is 6. The smallest absolute Gasteiger partial charge is 0.230 e. The van der Waals surface area contributed by atoms with E-state index in [4.69, 9.17) is 4.74 Å². The molecule has 2 saturated heterocycles. The Bertz CT molecular complexity index is 632. The number of amides is 2. The third-order valence-electron chi connectivity index (χ3n) is 5.30. The summed E-state index contributed by atoms with van der Waals surface area (Å²) in [6, 6.07) is 0. The molecule has 1 aromatic rings. The Morgan fingerprint density at radius 2 is 2.20 bits per heavy atom. The number of hydrogen-bond acceptors (Lipinski definition) is 5. The van der Waals surface area contributed by atoms with Crippen LogP contribution in [0.1, 0.15) is 37.3 Å². The molecule has 0 saturated carbocycles. The number of nitrogens with zero attached hydrogens (tertiary/aromatic N) is 4. The molecule has 3 rings (SSSR count). The van der Waals surface area contributed by atoms with E-state index in [2.05, 4.69) is 15.2 Å². The van der Waals surface area contributed by atoms with Crippen LogP contribution >= 0.6 is 0 Å². The Balaban J connectivity index is 1.56. The Morgan fingerprint density at radius 1 is 1.36 bits per heavy atom. The molecule has 8 nitrogen and oxygen atoms in total. The summed E-state index contributed by atoms with van der Waals surface area (Å²) in [6.07, 6.45) is 3.55. The van der Waals surface area contributed by atoms with Gasteiger partial charge in [0, 0.05) is 46.1 Å². The molecule has 3 heterocycles. The fraction of sp³-hybridized carbons (Fsp3) is 0.765. The van der Waals surface area contributed by atoms with Crippen LogP contribution in [0.3, 0.4) is 0 Å². The molecule has 0 aromatic carbocycles. The molecule has 25 heavy (non-hydrogen) atoms.